The number of benzene rings is 1. The van der Waals surface area contributed by atoms with E-state index in [0.717, 1.165) is 43.4 Å². The van der Waals surface area contributed by atoms with Crippen molar-refractivity contribution in [2.24, 2.45) is 0 Å². The zero-order chi connectivity index (χ0) is 20.0. The molecule has 0 bridgehead atoms. The van der Waals surface area contributed by atoms with Crippen LogP contribution < -0.4 is 5.32 Å². The van der Waals surface area contributed by atoms with E-state index in [1.807, 2.05) is 55.1 Å². The summed E-state index contributed by atoms with van der Waals surface area (Å²) >= 11 is 1.47. The predicted molar refractivity (Wildman–Crippen MR) is 114 cm³/mol. The topological polar surface area (TPSA) is 72.7 Å². The van der Waals surface area contributed by atoms with Crippen molar-refractivity contribution in [1.29, 1.82) is 0 Å². The number of carbonyl (C=O) groups is 1. The Morgan fingerprint density at radius 3 is 2.69 bits per heavy atom. The fourth-order valence-electron chi connectivity index (χ4n) is 3.55. The molecule has 3 heterocycles. The van der Waals surface area contributed by atoms with Crippen LogP contribution in [0.4, 0.5) is 0 Å². The summed E-state index contributed by atoms with van der Waals surface area (Å²) in [5, 5.41) is 8.29. The van der Waals surface area contributed by atoms with Crippen LogP contribution in [0.3, 0.4) is 0 Å². The quantitative estimate of drug-likeness (QED) is 0.539. The van der Waals surface area contributed by atoms with Gasteiger partial charge >= 0.3 is 0 Å². The maximum absolute atomic E-state index is 12.8. The van der Waals surface area contributed by atoms with Crippen molar-refractivity contribution in [3.05, 3.63) is 70.2 Å². The van der Waals surface area contributed by atoms with Gasteiger partial charge in [-0.1, -0.05) is 12.1 Å². The fraction of sp³-hybridized carbons (Fsp3) is 0.273. The summed E-state index contributed by atoms with van der Waals surface area (Å²) in [6.45, 7) is 4.47. The minimum atomic E-state index is -0.0611. The molecule has 1 N–H and O–H groups in total. The van der Waals surface area contributed by atoms with Gasteiger partial charge in [0.05, 0.1) is 16.3 Å². The van der Waals surface area contributed by atoms with Gasteiger partial charge in [0.1, 0.15) is 10.7 Å². The molecular weight excluding hydrogens is 382 g/mol. The van der Waals surface area contributed by atoms with Crippen molar-refractivity contribution in [1.82, 2.24) is 25.1 Å². The molecule has 0 saturated heterocycles. The Kier molecular flexibility index (Phi) is 4.39. The van der Waals surface area contributed by atoms with Gasteiger partial charge in [0.15, 0.2) is 0 Å². The number of carbonyl (C=O) groups excluding carboxylic acids is 1. The summed E-state index contributed by atoms with van der Waals surface area (Å²) in [6.07, 6.45) is 5.99. The predicted octanol–water partition coefficient (Wildman–Crippen LogP) is 4.30. The van der Waals surface area contributed by atoms with Crippen LogP contribution in [0.25, 0.3) is 15.9 Å². The number of nitrogens with one attached hydrogen (secondary N) is 1. The smallest absolute Gasteiger partial charge is 0.261 e. The molecular formula is C22H21N5OS. The van der Waals surface area contributed by atoms with Crippen molar-refractivity contribution in [2.75, 3.05) is 0 Å². The molecule has 29 heavy (non-hydrogen) atoms. The van der Waals surface area contributed by atoms with E-state index in [4.69, 9.17) is 4.98 Å². The third kappa shape index (κ3) is 3.42. The van der Waals surface area contributed by atoms with Crippen molar-refractivity contribution in [3.8, 4) is 5.69 Å². The first-order valence-corrected chi connectivity index (χ1v) is 10.6. The van der Waals surface area contributed by atoms with Gasteiger partial charge in [-0.3, -0.25) is 4.79 Å². The van der Waals surface area contributed by atoms with E-state index in [2.05, 4.69) is 15.4 Å². The van der Waals surface area contributed by atoms with Gasteiger partial charge in [-0.05, 0) is 56.0 Å². The molecule has 0 atom stereocenters. The molecule has 1 amide bonds. The van der Waals surface area contributed by atoms with Crippen LogP contribution >= 0.6 is 11.3 Å². The second kappa shape index (κ2) is 7.08. The molecule has 7 heteroatoms. The maximum atomic E-state index is 12.8. The molecule has 5 rings (SSSR count). The zero-order valence-electron chi connectivity index (χ0n) is 16.3. The highest BCUT2D eigenvalue weighted by Gasteiger charge is 2.28. The minimum Gasteiger partial charge on any atom is -0.347 e. The Morgan fingerprint density at radius 1 is 1.21 bits per heavy atom. The summed E-state index contributed by atoms with van der Waals surface area (Å²) in [5.74, 6) is 1.37. The number of rotatable bonds is 5. The summed E-state index contributed by atoms with van der Waals surface area (Å²) < 4.78 is 1.81. The van der Waals surface area contributed by atoms with Gasteiger partial charge in [0.2, 0.25) is 0 Å². The molecule has 0 unspecified atom stereocenters. The van der Waals surface area contributed by atoms with Crippen LogP contribution in [-0.4, -0.2) is 25.7 Å². The average molecular weight is 404 g/mol. The van der Waals surface area contributed by atoms with E-state index in [-0.39, 0.29) is 5.91 Å². The van der Waals surface area contributed by atoms with E-state index in [9.17, 15) is 4.79 Å². The van der Waals surface area contributed by atoms with Gasteiger partial charge < -0.3 is 5.32 Å². The largest absolute Gasteiger partial charge is 0.347 e. The highest BCUT2D eigenvalue weighted by molar-refractivity contribution is 7.20. The lowest BCUT2D eigenvalue weighted by molar-refractivity contribution is 0.0954. The average Bonchev–Trinajstić information content (AvgIpc) is 3.32. The number of thiophene rings is 1. The fourth-order valence-corrected chi connectivity index (χ4v) is 4.71. The number of aryl methyl sites for hydroxylation is 2. The summed E-state index contributed by atoms with van der Waals surface area (Å²) in [6, 6.07) is 9.90. The molecule has 146 valence electrons. The van der Waals surface area contributed by atoms with Gasteiger partial charge in [-0.15, -0.1) is 11.3 Å². The normalized spacial score (nSPS) is 13.7. The SMILES string of the molecule is Cc1nc(C2CC2)nc2sc(C(=O)NCc3ccc(-n4cccn4)cc3)c(C)c12. The van der Waals surface area contributed by atoms with Crippen LogP contribution in [0.5, 0.6) is 0 Å². The molecule has 1 aliphatic carbocycles. The molecule has 1 saturated carbocycles. The van der Waals surface area contributed by atoms with Gasteiger partial charge in [0.25, 0.3) is 5.91 Å². The van der Waals surface area contributed by atoms with Crippen LogP contribution in [0.15, 0.2) is 42.7 Å². The minimum absolute atomic E-state index is 0.0611. The number of hydrogen-bond acceptors (Lipinski definition) is 5. The lowest BCUT2D eigenvalue weighted by atomic mass is 10.1. The lowest BCUT2D eigenvalue weighted by Gasteiger charge is -2.06. The molecule has 0 radical (unpaired) electrons. The first-order chi connectivity index (χ1) is 14.1. The Bertz CT molecular complexity index is 1190. The molecule has 6 nitrogen and oxygen atoms in total. The van der Waals surface area contributed by atoms with Crippen LogP contribution in [-0.2, 0) is 6.54 Å². The molecule has 1 fully saturated rings. The lowest BCUT2D eigenvalue weighted by Crippen LogP contribution is -2.22. The standard InChI is InChI=1S/C22H21N5OS/c1-13-18-14(2)25-20(16-6-7-16)26-22(18)29-19(13)21(28)23-12-15-4-8-17(9-5-15)27-11-3-10-24-27/h3-5,8-11,16H,6-7,12H2,1-2H3,(H,23,28). The van der Waals surface area contributed by atoms with Crippen molar-refractivity contribution in [2.45, 2.75) is 39.2 Å². The van der Waals surface area contributed by atoms with Crippen LogP contribution in [0.1, 0.15) is 51.1 Å². The van der Waals surface area contributed by atoms with E-state index < -0.39 is 0 Å². The van der Waals surface area contributed by atoms with E-state index in [1.54, 1.807) is 6.20 Å². The van der Waals surface area contributed by atoms with Crippen molar-refractivity contribution < 1.29 is 4.79 Å². The van der Waals surface area contributed by atoms with E-state index >= 15 is 0 Å². The van der Waals surface area contributed by atoms with Crippen LogP contribution in [0.2, 0.25) is 0 Å². The monoisotopic (exact) mass is 403 g/mol. The third-order valence-electron chi connectivity index (χ3n) is 5.30. The molecule has 0 aliphatic heterocycles. The van der Waals surface area contributed by atoms with Gasteiger partial charge in [0, 0.05) is 30.2 Å². The number of aromatic nitrogens is 4. The van der Waals surface area contributed by atoms with Crippen LogP contribution in [0, 0.1) is 13.8 Å². The Morgan fingerprint density at radius 2 is 2.00 bits per heavy atom. The first-order valence-electron chi connectivity index (χ1n) is 9.75. The van der Waals surface area contributed by atoms with E-state index in [0.29, 0.717) is 12.5 Å². The highest BCUT2D eigenvalue weighted by atomic mass is 32.1. The highest BCUT2D eigenvalue weighted by Crippen LogP contribution is 2.40. The molecule has 3 aromatic heterocycles. The number of amides is 1. The Balaban J connectivity index is 1.33. The maximum Gasteiger partial charge on any atom is 0.261 e. The molecule has 4 aromatic rings. The van der Waals surface area contributed by atoms with E-state index in [1.165, 1.54) is 24.2 Å². The number of nitrogens with zero attached hydrogens (tertiary/aromatic N) is 4. The molecule has 1 aromatic carbocycles. The first kappa shape index (κ1) is 18.0. The van der Waals surface area contributed by atoms with Crippen molar-refractivity contribution >= 4 is 27.5 Å². The van der Waals surface area contributed by atoms with Gasteiger partial charge in [-0.25, -0.2) is 14.6 Å². The molecule has 0 spiro atoms. The summed E-state index contributed by atoms with van der Waals surface area (Å²) in [5.41, 5.74) is 3.97. The summed E-state index contributed by atoms with van der Waals surface area (Å²) in [4.78, 5) is 23.9. The summed E-state index contributed by atoms with van der Waals surface area (Å²) in [7, 11) is 0. The number of hydrogen-bond donors (Lipinski definition) is 1. The number of fused-ring (bicyclic) bond motifs is 1. The zero-order valence-corrected chi connectivity index (χ0v) is 17.2. The Hall–Kier alpha value is -3.06. The van der Waals surface area contributed by atoms with Gasteiger partial charge in [-0.2, -0.15) is 5.10 Å². The third-order valence-corrected chi connectivity index (χ3v) is 6.48. The molecule has 1 aliphatic rings. The Labute approximate surface area is 172 Å². The van der Waals surface area contributed by atoms with Crippen molar-refractivity contribution in [3.63, 3.8) is 0 Å². The second-order valence-electron chi connectivity index (χ2n) is 7.48. The second-order valence-corrected chi connectivity index (χ2v) is 8.48.